The first-order valence-electron chi connectivity index (χ1n) is 11.5. The molecular formula is C26H28N4O2. The second-order valence-corrected chi connectivity index (χ2v) is 9.21. The number of likely N-dealkylation sites (tertiary alicyclic amines) is 1. The number of amides is 1. The molecule has 6 rings (SSSR count). The third kappa shape index (κ3) is 2.82. The Bertz CT molecular complexity index is 1130. The van der Waals surface area contributed by atoms with Gasteiger partial charge in [0.25, 0.3) is 0 Å². The lowest BCUT2D eigenvalue weighted by Gasteiger charge is -2.33. The molecule has 0 bridgehead atoms. The van der Waals surface area contributed by atoms with E-state index in [0.29, 0.717) is 24.4 Å². The van der Waals surface area contributed by atoms with Gasteiger partial charge in [-0.1, -0.05) is 30.3 Å². The van der Waals surface area contributed by atoms with E-state index in [9.17, 15) is 4.79 Å². The minimum atomic E-state index is -0.326. The molecule has 3 atom stereocenters. The molecule has 3 saturated heterocycles. The van der Waals surface area contributed by atoms with Crippen molar-refractivity contribution < 1.29 is 9.53 Å². The molecule has 3 fully saturated rings. The largest absolute Gasteiger partial charge is 0.496 e. The molecule has 0 radical (unpaired) electrons. The van der Waals surface area contributed by atoms with Crippen molar-refractivity contribution in [2.24, 2.45) is 5.92 Å². The summed E-state index contributed by atoms with van der Waals surface area (Å²) in [5, 5.41) is 4.32. The van der Waals surface area contributed by atoms with Crippen LogP contribution in [0.15, 0.2) is 67.0 Å². The Labute approximate surface area is 188 Å². The molecule has 164 valence electrons. The molecule has 4 heterocycles. The molecule has 3 aromatic rings. The standard InChI is InChI=1S/C26H28N4O2/c1-32-24-7-3-2-6-20(24)17-28-18-21-16-23(29-14-4-12-26(21,29)25(28)31)19-8-10-22(11-9-19)30-15-5-13-27-30/h2-3,5-11,13,15,21,23H,4,12,14,16-18H2,1H3/t21-,23-,26-/m0/s1. The van der Waals surface area contributed by atoms with E-state index in [0.717, 1.165) is 49.4 Å². The van der Waals surface area contributed by atoms with Crippen molar-refractivity contribution in [3.05, 3.63) is 78.1 Å². The summed E-state index contributed by atoms with van der Waals surface area (Å²) in [6.07, 6.45) is 6.85. The van der Waals surface area contributed by atoms with Crippen molar-refractivity contribution in [3.63, 3.8) is 0 Å². The van der Waals surface area contributed by atoms with Gasteiger partial charge in [-0.25, -0.2) is 4.68 Å². The van der Waals surface area contributed by atoms with Gasteiger partial charge in [0.15, 0.2) is 0 Å². The average molecular weight is 429 g/mol. The smallest absolute Gasteiger partial charge is 0.243 e. The van der Waals surface area contributed by atoms with Gasteiger partial charge in [0.1, 0.15) is 11.3 Å². The minimum absolute atomic E-state index is 0.307. The first kappa shape index (κ1) is 19.6. The number of nitrogens with zero attached hydrogens (tertiary/aromatic N) is 4. The molecule has 1 aromatic heterocycles. The highest BCUT2D eigenvalue weighted by Crippen LogP contribution is 2.56. The molecule has 6 nitrogen and oxygen atoms in total. The SMILES string of the molecule is COc1ccccc1CN1C[C@@H]2C[C@@H](c3ccc(-n4cccn4)cc3)N3CCC[C@@]23C1=O. The van der Waals surface area contributed by atoms with E-state index in [1.165, 1.54) is 5.56 Å². The summed E-state index contributed by atoms with van der Waals surface area (Å²) in [7, 11) is 1.69. The Morgan fingerprint density at radius 2 is 1.97 bits per heavy atom. The maximum atomic E-state index is 13.8. The Balaban J connectivity index is 1.25. The van der Waals surface area contributed by atoms with E-state index in [1.807, 2.05) is 35.1 Å². The van der Waals surface area contributed by atoms with Crippen LogP contribution in [0.1, 0.15) is 36.4 Å². The van der Waals surface area contributed by atoms with Gasteiger partial charge in [0, 0.05) is 43.0 Å². The second kappa shape index (κ2) is 7.48. The van der Waals surface area contributed by atoms with Crippen LogP contribution in [0.4, 0.5) is 0 Å². The number of benzene rings is 2. The number of aromatic nitrogens is 2. The lowest BCUT2D eigenvalue weighted by molar-refractivity contribution is -0.137. The average Bonchev–Trinajstić information content (AvgIpc) is 3.59. The third-order valence-corrected chi connectivity index (χ3v) is 7.73. The number of methoxy groups -OCH3 is 1. The van der Waals surface area contributed by atoms with Gasteiger partial charge in [0.2, 0.25) is 5.91 Å². The first-order valence-corrected chi connectivity index (χ1v) is 11.5. The van der Waals surface area contributed by atoms with Crippen LogP contribution in [0.25, 0.3) is 5.69 Å². The molecule has 0 aliphatic carbocycles. The fourth-order valence-electron chi connectivity index (χ4n) is 6.34. The fourth-order valence-corrected chi connectivity index (χ4v) is 6.34. The predicted octanol–water partition coefficient (Wildman–Crippen LogP) is 3.82. The normalized spacial score (nSPS) is 27.0. The summed E-state index contributed by atoms with van der Waals surface area (Å²) in [5.74, 6) is 1.54. The van der Waals surface area contributed by atoms with Crippen LogP contribution in [0.5, 0.6) is 5.75 Å². The quantitative estimate of drug-likeness (QED) is 0.620. The second-order valence-electron chi connectivity index (χ2n) is 9.21. The number of ether oxygens (including phenoxy) is 1. The summed E-state index contributed by atoms with van der Waals surface area (Å²) in [4.78, 5) is 18.4. The van der Waals surface area contributed by atoms with Crippen LogP contribution in [0.2, 0.25) is 0 Å². The van der Waals surface area contributed by atoms with Crippen LogP contribution in [0, 0.1) is 5.92 Å². The van der Waals surface area contributed by atoms with Crippen molar-refractivity contribution in [2.45, 2.75) is 37.4 Å². The Hall–Kier alpha value is -3.12. The summed E-state index contributed by atoms with van der Waals surface area (Å²) in [6.45, 7) is 2.45. The van der Waals surface area contributed by atoms with Gasteiger partial charge in [-0.05, 0) is 55.6 Å². The molecular weight excluding hydrogens is 400 g/mol. The zero-order valence-electron chi connectivity index (χ0n) is 18.4. The fraction of sp³-hybridized carbons (Fsp3) is 0.385. The van der Waals surface area contributed by atoms with Gasteiger partial charge in [-0.2, -0.15) is 5.10 Å². The summed E-state index contributed by atoms with van der Waals surface area (Å²) >= 11 is 0. The highest BCUT2D eigenvalue weighted by molar-refractivity contribution is 5.90. The van der Waals surface area contributed by atoms with E-state index in [2.05, 4.69) is 45.2 Å². The van der Waals surface area contributed by atoms with E-state index in [1.54, 1.807) is 13.3 Å². The van der Waals surface area contributed by atoms with Crippen LogP contribution >= 0.6 is 0 Å². The van der Waals surface area contributed by atoms with Crippen LogP contribution in [-0.2, 0) is 11.3 Å². The highest BCUT2D eigenvalue weighted by Gasteiger charge is 2.65. The van der Waals surface area contributed by atoms with E-state index in [4.69, 9.17) is 4.74 Å². The molecule has 1 amide bonds. The monoisotopic (exact) mass is 428 g/mol. The molecule has 3 aliphatic heterocycles. The van der Waals surface area contributed by atoms with Gasteiger partial charge >= 0.3 is 0 Å². The Morgan fingerprint density at radius 1 is 1.12 bits per heavy atom. The molecule has 0 saturated carbocycles. The van der Waals surface area contributed by atoms with E-state index in [-0.39, 0.29) is 5.54 Å². The number of rotatable bonds is 5. The zero-order valence-corrected chi connectivity index (χ0v) is 18.4. The van der Waals surface area contributed by atoms with Gasteiger partial charge in [0.05, 0.1) is 12.8 Å². The lowest BCUT2D eigenvalue weighted by atomic mass is 9.85. The third-order valence-electron chi connectivity index (χ3n) is 7.73. The van der Waals surface area contributed by atoms with Crippen molar-refractivity contribution in [3.8, 4) is 11.4 Å². The van der Waals surface area contributed by atoms with Crippen molar-refractivity contribution in [1.29, 1.82) is 0 Å². The van der Waals surface area contributed by atoms with Crippen molar-refractivity contribution in [2.75, 3.05) is 20.2 Å². The Morgan fingerprint density at radius 3 is 2.75 bits per heavy atom. The van der Waals surface area contributed by atoms with Gasteiger partial charge in [-0.3, -0.25) is 9.69 Å². The summed E-state index contributed by atoms with van der Waals surface area (Å²) in [6, 6.07) is 19.0. The first-order chi connectivity index (χ1) is 15.7. The highest BCUT2D eigenvalue weighted by atomic mass is 16.5. The number of carbonyl (C=O) groups is 1. The zero-order chi connectivity index (χ0) is 21.7. The molecule has 1 spiro atoms. The van der Waals surface area contributed by atoms with E-state index < -0.39 is 0 Å². The summed E-state index contributed by atoms with van der Waals surface area (Å²) in [5.41, 5.74) is 3.12. The Kier molecular flexibility index (Phi) is 4.57. The number of para-hydroxylation sites is 1. The number of hydrogen-bond donors (Lipinski definition) is 0. The number of carbonyl (C=O) groups excluding carboxylic acids is 1. The maximum absolute atomic E-state index is 13.8. The molecule has 0 unspecified atom stereocenters. The number of hydrogen-bond acceptors (Lipinski definition) is 4. The molecule has 6 heteroatoms. The van der Waals surface area contributed by atoms with Crippen molar-refractivity contribution in [1.82, 2.24) is 19.6 Å². The lowest BCUT2D eigenvalue weighted by Crippen LogP contribution is -2.49. The van der Waals surface area contributed by atoms with Crippen molar-refractivity contribution >= 4 is 5.91 Å². The van der Waals surface area contributed by atoms with Crippen LogP contribution in [0.3, 0.4) is 0 Å². The molecule has 2 aromatic carbocycles. The molecule has 3 aliphatic rings. The topological polar surface area (TPSA) is 50.6 Å². The maximum Gasteiger partial charge on any atom is 0.243 e. The molecule has 32 heavy (non-hydrogen) atoms. The van der Waals surface area contributed by atoms with Crippen LogP contribution < -0.4 is 4.74 Å². The van der Waals surface area contributed by atoms with Crippen LogP contribution in [-0.4, -0.2) is 51.2 Å². The predicted molar refractivity (Wildman–Crippen MR) is 121 cm³/mol. The minimum Gasteiger partial charge on any atom is -0.496 e. The summed E-state index contributed by atoms with van der Waals surface area (Å²) < 4.78 is 7.41. The molecule has 0 N–H and O–H groups in total. The van der Waals surface area contributed by atoms with Gasteiger partial charge in [-0.15, -0.1) is 0 Å². The van der Waals surface area contributed by atoms with Gasteiger partial charge < -0.3 is 9.64 Å². The van der Waals surface area contributed by atoms with E-state index >= 15 is 0 Å².